The Morgan fingerprint density at radius 1 is 1.03 bits per heavy atom. The third kappa shape index (κ3) is 6.51. The minimum atomic E-state index is 0. The molecule has 0 unspecified atom stereocenters. The van der Waals surface area contributed by atoms with Crippen LogP contribution in [-0.2, 0) is 19.5 Å². The summed E-state index contributed by atoms with van der Waals surface area (Å²) in [5.41, 5.74) is 3.59. The molecular weight excluding hydrogens is 519 g/mol. The first kappa shape index (κ1) is 23.2. The molecule has 0 aliphatic rings. The fraction of sp³-hybridized carbons (Fsp3) is 0.261. The van der Waals surface area contributed by atoms with E-state index in [0.29, 0.717) is 0 Å². The number of aliphatic imine (C=N–C) groups is 1. The monoisotopic (exact) mass is 546 g/mol. The second-order valence-corrected chi connectivity index (χ2v) is 8.12. The zero-order valence-corrected chi connectivity index (χ0v) is 20.6. The van der Waals surface area contributed by atoms with E-state index in [0.717, 1.165) is 44.0 Å². The molecule has 2 N–H and O–H groups in total. The number of thiazole rings is 1. The van der Waals surface area contributed by atoms with Crippen LogP contribution < -0.4 is 10.6 Å². The van der Waals surface area contributed by atoms with Crippen molar-refractivity contribution in [2.75, 3.05) is 13.6 Å². The lowest BCUT2D eigenvalue weighted by Gasteiger charge is -2.14. The van der Waals surface area contributed by atoms with E-state index in [-0.39, 0.29) is 24.0 Å². The number of halogens is 1. The SMILES string of the molecule is CN=C(NCCCc1nc2ccccc2s1)NCc1ccccc1Cn1cccn1.I. The van der Waals surface area contributed by atoms with Crippen molar-refractivity contribution in [3.63, 3.8) is 0 Å². The molecule has 0 saturated heterocycles. The van der Waals surface area contributed by atoms with Crippen molar-refractivity contribution in [3.05, 3.63) is 83.1 Å². The van der Waals surface area contributed by atoms with Gasteiger partial charge in [-0.2, -0.15) is 5.10 Å². The van der Waals surface area contributed by atoms with Crippen LogP contribution in [0, 0.1) is 0 Å². The third-order valence-corrected chi connectivity index (χ3v) is 5.97. The van der Waals surface area contributed by atoms with Crippen molar-refractivity contribution < 1.29 is 0 Å². The molecule has 6 nitrogen and oxygen atoms in total. The van der Waals surface area contributed by atoms with Crippen LogP contribution in [0.2, 0.25) is 0 Å². The Hall–Kier alpha value is -2.46. The van der Waals surface area contributed by atoms with Gasteiger partial charge in [-0.25, -0.2) is 4.98 Å². The number of guanidine groups is 1. The molecule has 2 aromatic heterocycles. The maximum atomic E-state index is 4.70. The summed E-state index contributed by atoms with van der Waals surface area (Å²) in [4.78, 5) is 9.06. The van der Waals surface area contributed by atoms with Crippen LogP contribution in [0.4, 0.5) is 0 Å². The number of benzene rings is 2. The number of hydrogen-bond donors (Lipinski definition) is 2. The van der Waals surface area contributed by atoms with Gasteiger partial charge in [-0.1, -0.05) is 36.4 Å². The van der Waals surface area contributed by atoms with Gasteiger partial charge in [-0.15, -0.1) is 35.3 Å². The Morgan fingerprint density at radius 2 is 1.84 bits per heavy atom. The smallest absolute Gasteiger partial charge is 0.191 e. The number of nitrogens with zero attached hydrogens (tertiary/aromatic N) is 4. The lowest BCUT2D eigenvalue weighted by atomic mass is 10.1. The fourth-order valence-electron chi connectivity index (χ4n) is 3.33. The van der Waals surface area contributed by atoms with Gasteiger partial charge in [0.1, 0.15) is 0 Å². The number of hydrogen-bond acceptors (Lipinski definition) is 4. The molecule has 0 amide bonds. The van der Waals surface area contributed by atoms with Crippen molar-refractivity contribution in [2.45, 2.75) is 25.9 Å². The predicted octanol–water partition coefficient (Wildman–Crippen LogP) is 4.46. The van der Waals surface area contributed by atoms with E-state index < -0.39 is 0 Å². The Kier molecular flexibility index (Phi) is 8.84. The van der Waals surface area contributed by atoms with Crippen LogP contribution in [0.25, 0.3) is 10.2 Å². The second kappa shape index (κ2) is 11.8. The number of nitrogens with one attached hydrogen (secondary N) is 2. The highest BCUT2D eigenvalue weighted by Gasteiger charge is 2.06. The first-order valence-electron chi connectivity index (χ1n) is 10.1. The molecule has 0 saturated carbocycles. The first-order chi connectivity index (χ1) is 14.8. The van der Waals surface area contributed by atoms with Gasteiger partial charge in [0.25, 0.3) is 0 Å². The van der Waals surface area contributed by atoms with Gasteiger partial charge in [0, 0.05) is 39.0 Å². The summed E-state index contributed by atoms with van der Waals surface area (Å²) in [5.74, 6) is 0.813. The summed E-state index contributed by atoms with van der Waals surface area (Å²) in [6.45, 7) is 2.33. The van der Waals surface area contributed by atoms with Crippen molar-refractivity contribution in [1.82, 2.24) is 25.4 Å². The normalized spacial score (nSPS) is 11.3. The van der Waals surface area contributed by atoms with E-state index in [2.05, 4.69) is 63.2 Å². The Bertz CT molecular complexity index is 1070. The number of para-hydroxylation sites is 1. The van der Waals surface area contributed by atoms with Gasteiger partial charge in [0.05, 0.1) is 21.8 Å². The van der Waals surface area contributed by atoms with E-state index in [1.165, 1.54) is 20.8 Å². The minimum absolute atomic E-state index is 0. The number of aryl methyl sites for hydroxylation is 1. The number of rotatable bonds is 8. The average molecular weight is 546 g/mol. The third-order valence-electron chi connectivity index (χ3n) is 4.88. The lowest BCUT2D eigenvalue weighted by Crippen LogP contribution is -2.37. The number of fused-ring (bicyclic) bond motifs is 1. The van der Waals surface area contributed by atoms with Crippen LogP contribution in [0.1, 0.15) is 22.6 Å². The average Bonchev–Trinajstić information content (AvgIpc) is 3.43. The molecule has 0 fully saturated rings. The van der Waals surface area contributed by atoms with Crippen molar-refractivity contribution in [2.24, 2.45) is 4.99 Å². The Labute approximate surface area is 203 Å². The molecule has 162 valence electrons. The molecule has 8 heteroatoms. The lowest BCUT2D eigenvalue weighted by molar-refractivity contribution is 0.676. The molecule has 4 aromatic rings. The summed E-state index contributed by atoms with van der Waals surface area (Å²) < 4.78 is 3.19. The van der Waals surface area contributed by atoms with Crippen molar-refractivity contribution in [1.29, 1.82) is 0 Å². The topological polar surface area (TPSA) is 67.1 Å². The van der Waals surface area contributed by atoms with E-state index >= 15 is 0 Å². The summed E-state index contributed by atoms with van der Waals surface area (Å²) in [6, 6.07) is 18.7. The highest BCUT2D eigenvalue weighted by molar-refractivity contribution is 14.0. The summed E-state index contributed by atoms with van der Waals surface area (Å²) in [5, 5.41) is 12.3. The molecule has 31 heavy (non-hydrogen) atoms. The van der Waals surface area contributed by atoms with Crippen molar-refractivity contribution in [3.8, 4) is 0 Å². The summed E-state index contributed by atoms with van der Waals surface area (Å²) in [6.07, 6.45) is 5.77. The molecule has 0 aliphatic heterocycles. The fourth-order valence-corrected chi connectivity index (χ4v) is 4.33. The van der Waals surface area contributed by atoms with Crippen LogP contribution in [0.3, 0.4) is 0 Å². The molecule has 0 aliphatic carbocycles. The van der Waals surface area contributed by atoms with Gasteiger partial charge in [0.15, 0.2) is 5.96 Å². The zero-order valence-electron chi connectivity index (χ0n) is 17.5. The van der Waals surface area contributed by atoms with Gasteiger partial charge in [-0.05, 0) is 35.7 Å². The van der Waals surface area contributed by atoms with Crippen LogP contribution in [0.5, 0.6) is 0 Å². The Morgan fingerprint density at radius 3 is 2.61 bits per heavy atom. The van der Waals surface area contributed by atoms with Gasteiger partial charge in [0.2, 0.25) is 0 Å². The Balaban J connectivity index is 0.00000272. The second-order valence-electron chi connectivity index (χ2n) is 7.00. The largest absolute Gasteiger partial charge is 0.356 e. The number of aromatic nitrogens is 3. The summed E-state index contributed by atoms with van der Waals surface area (Å²) >= 11 is 1.78. The molecule has 4 rings (SSSR count). The van der Waals surface area contributed by atoms with E-state index in [9.17, 15) is 0 Å². The maximum Gasteiger partial charge on any atom is 0.191 e. The van der Waals surface area contributed by atoms with Crippen LogP contribution in [0.15, 0.2) is 72.0 Å². The molecule has 0 bridgehead atoms. The molecule has 0 radical (unpaired) electrons. The molecule has 0 spiro atoms. The van der Waals surface area contributed by atoms with E-state index in [4.69, 9.17) is 4.98 Å². The highest BCUT2D eigenvalue weighted by atomic mass is 127. The van der Waals surface area contributed by atoms with Crippen LogP contribution in [-0.4, -0.2) is 34.3 Å². The minimum Gasteiger partial charge on any atom is -0.356 e. The molecule has 0 atom stereocenters. The predicted molar refractivity (Wildman–Crippen MR) is 139 cm³/mol. The van der Waals surface area contributed by atoms with E-state index in [1.807, 2.05) is 23.0 Å². The van der Waals surface area contributed by atoms with Gasteiger partial charge < -0.3 is 10.6 Å². The molecule has 2 heterocycles. The maximum absolute atomic E-state index is 4.70. The molecule has 2 aromatic carbocycles. The highest BCUT2D eigenvalue weighted by Crippen LogP contribution is 2.22. The van der Waals surface area contributed by atoms with Gasteiger partial charge in [-0.3, -0.25) is 9.67 Å². The standard InChI is InChI=1S/C23H26N6S.HI/c1-24-23(25-13-6-12-22-28-20-10-4-5-11-21(20)30-22)26-16-18-8-2-3-9-19(18)17-29-15-7-14-27-29;/h2-5,7-11,14-15H,6,12-13,16-17H2,1H3,(H2,24,25,26);1H. The molecular formula is C23H27IN6S. The first-order valence-corrected chi connectivity index (χ1v) is 11.0. The van der Waals surface area contributed by atoms with Gasteiger partial charge >= 0.3 is 0 Å². The zero-order chi connectivity index (χ0) is 20.6. The van der Waals surface area contributed by atoms with Crippen LogP contribution >= 0.6 is 35.3 Å². The quantitative estimate of drug-likeness (QED) is 0.148. The summed E-state index contributed by atoms with van der Waals surface area (Å²) in [7, 11) is 1.80. The van der Waals surface area contributed by atoms with E-state index in [1.54, 1.807) is 24.6 Å². The van der Waals surface area contributed by atoms with Crippen molar-refractivity contribution >= 4 is 51.5 Å².